The highest BCUT2D eigenvalue weighted by Crippen LogP contribution is 2.29. The molecule has 2 N–H and O–H groups in total. The van der Waals surface area contributed by atoms with Crippen LogP contribution in [-0.4, -0.2) is 32.9 Å². The highest BCUT2D eigenvalue weighted by Gasteiger charge is 2.36. The predicted octanol–water partition coefficient (Wildman–Crippen LogP) is 2.70. The lowest BCUT2D eigenvalue weighted by molar-refractivity contribution is -0.145. The van der Waals surface area contributed by atoms with Crippen molar-refractivity contribution in [2.75, 3.05) is 6.54 Å². The molecule has 1 aromatic rings. The number of nitrogens with zero attached hydrogens (tertiary/aromatic N) is 2. The SMILES string of the molecule is CCCNC(C)(CC(C)n1ccc(C(F)(F)F)n1)C(=O)O. The van der Waals surface area contributed by atoms with Crippen LogP contribution in [0.1, 0.15) is 45.3 Å². The summed E-state index contributed by atoms with van der Waals surface area (Å²) in [5.41, 5.74) is -2.19. The summed E-state index contributed by atoms with van der Waals surface area (Å²) in [6.07, 6.45) is -2.39. The number of halogens is 3. The smallest absolute Gasteiger partial charge is 0.435 e. The number of rotatable bonds is 7. The van der Waals surface area contributed by atoms with Crippen molar-refractivity contribution >= 4 is 5.97 Å². The van der Waals surface area contributed by atoms with Gasteiger partial charge in [0, 0.05) is 6.20 Å². The molecule has 1 aromatic heterocycles. The second kappa shape index (κ2) is 6.46. The first-order valence-electron chi connectivity index (χ1n) is 6.71. The van der Waals surface area contributed by atoms with E-state index in [2.05, 4.69) is 10.4 Å². The van der Waals surface area contributed by atoms with Crippen molar-refractivity contribution in [3.63, 3.8) is 0 Å². The molecule has 2 unspecified atom stereocenters. The second-order valence-electron chi connectivity index (χ2n) is 5.30. The number of hydrogen-bond acceptors (Lipinski definition) is 3. The summed E-state index contributed by atoms with van der Waals surface area (Å²) in [6.45, 7) is 5.59. The molecule has 0 saturated carbocycles. The van der Waals surface area contributed by atoms with Gasteiger partial charge >= 0.3 is 12.1 Å². The minimum atomic E-state index is -4.50. The molecule has 8 heteroatoms. The van der Waals surface area contributed by atoms with Gasteiger partial charge in [-0.15, -0.1) is 0 Å². The van der Waals surface area contributed by atoms with Crippen LogP contribution in [-0.2, 0) is 11.0 Å². The Kier molecular flexibility index (Phi) is 5.38. The predicted molar refractivity (Wildman–Crippen MR) is 70.9 cm³/mol. The fraction of sp³-hybridized carbons (Fsp3) is 0.692. The van der Waals surface area contributed by atoms with Crippen molar-refractivity contribution in [2.45, 2.75) is 51.4 Å². The van der Waals surface area contributed by atoms with E-state index in [1.54, 1.807) is 6.92 Å². The molecule has 0 aromatic carbocycles. The maximum atomic E-state index is 12.5. The van der Waals surface area contributed by atoms with E-state index in [0.29, 0.717) is 6.54 Å². The first kappa shape index (κ1) is 17.5. The zero-order valence-electron chi connectivity index (χ0n) is 12.2. The van der Waals surface area contributed by atoms with Gasteiger partial charge in [0.25, 0.3) is 0 Å². The van der Waals surface area contributed by atoms with Gasteiger partial charge < -0.3 is 10.4 Å². The van der Waals surface area contributed by atoms with Gasteiger partial charge in [0.2, 0.25) is 0 Å². The molecule has 5 nitrogen and oxygen atoms in total. The molecule has 0 radical (unpaired) electrons. The number of aromatic nitrogens is 2. The summed E-state index contributed by atoms with van der Waals surface area (Å²) in [4.78, 5) is 11.4. The van der Waals surface area contributed by atoms with Crippen LogP contribution in [0.4, 0.5) is 13.2 Å². The van der Waals surface area contributed by atoms with Crippen LogP contribution in [0.25, 0.3) is 0 Å². The molecule has 2 atom stereocenters. The third-order valence-corrected chi connectivity index (χ3v) is 3.29. The number of alkyl halides is 3. The van der Waals surface area contributed by atoms with Crippen molar-refractivity contribution in [1.29, 1.82) is 0 Å². The number of carbonyl (C=O) groups is 1. The Bertz CT molecular complexity index is 487. The topological polar surface area (TPSA) is 67.2 Å². The highest BCUT2D eigenvalue weighted by atomic mass is 19.4. The highest BCUT2D eigenvalue weighted by molar-refractivity contribution is 5.78. The number of carboxylic acid groups (broad SMARTS) is 1. The minimum absolute atomic E-state index is 0.126. The standard InChI is InChI=1S/C13H20F3N3O2/c1-4-6-17-12(3,11(20)21)8-9(2)19-7-5-10(18-19)13(14,15)16/h5,7,9,17H,4,6,8H2,1-3H3,(H,20,21). The first-order chi connectivity index (χ1) is 9.60. The second-order valence-corrected chi connectivity index (χ2v) is 5.30. The van der Waals surface area contributed by atoms with Crippen LogP contribution in [0.2, 0.25) is 0 Å². The van der Waals surface area contributed by atoms with Gasteiger partial charge in [0.1, 0.15) is 5.54 Å². The summed E-state index contributed by atoms with van der Waals surface area (Å²) in [6, 6.07) is 0.403. The average molecular weight is 307 g/mol. The zero-order chi connectivity index (χ0) is 16.3. The van der Waals surface area contributed by atoms with Crippen LogP contribution in [0.5, 0.6) is 0 Å². The van der Waals surface area contributed by atoms with Crippen LogP contribution >= 0.6 is 0 Å². The lowest BCUT2D eigenvalue weighted by Crippen LogP contribution is -2.51. The third-order valence-electron chi connectivity index (χ3n) is 3.29. The van der Waals surface area contributed by atoms with E-state index >= 15 is 0 Å². The fourth-order valence-electron chi connectivity index (χ4n) is 2.06. The number of aliphatic carboxylic acids is 1. The Morgan fingerprint density at radius 1 is 1.52 bits per heavy atom. The van der Waals surface area contributed by atoms with E-state index in [1.165, 1.54) is 13.1 Å². The molecule has 0 aliphatic heterocycles. The number of carboxylic acids is 1. The molecule has 1 heterocycles. The van der Waals surface area contributed by atoms with E-state index < -0.39 is 29.4 Å². The Labute approximate surface area is 121 Å². The molecular weight excluding hydrogens is 287 g/mol. The fourth-order valence-corrected chi connectivity index (χ4v) is 2.06. The Morgan fingerprint density at radius 2 is 2.14 bits per heavy atom. The monoisotopic (exact) mass is 307 g/mol. The van der Waals surface area contributed by atoms with E-state index in [1.807, 2.05) is 6.92 Å². The van der Waals surface area contributed by atoms with Gasteiger partial charge in [0.05, 0.1) is 6.04 Å². The maximum Gasteiger partial charge on any atom is 0.435 e. The van der Waals surface area contributed by atoms with E-state index in [-0.39, 0.29) is 6.42 Å². The Morgan fingerprint density at radius 3 is 2.57 bits per heavy atom. The summed E-state index contributed by atoms with van der Waals surface area (Å²) < 4.78 is 38.7. The molecule has 21 heavy (non-hydrogen) atoms. The third kappa shape index (κ3) is 4.45. The van der Waals surface area contributed by atoms with E-state index in [0.717, 1.165) is 17.2 Å². The molecule has 120 valence electrons. The number of hydrogen-bond donors (Lipinski definition) is 2. The van der Waals surface area contributed by atoms with Gasteiger partial charge in [-0.3, -0.25) is 9.48 Å². The van der Waals surface area contributed by atoms with Crippen molar-refractivity contribution < 1.29 is 23.1 Å². The molecule has 0 aliphatic carbocycles. The average Bonchev–Trinajstić information content (AvgIpc) is 2.85. The Balaban J connectivity index is 2.85. The van der Waals surface area contributed by atoms with Crippen LogP contribution in [0, 0.1) is 0 Å². The van der Waals surface area contributed by atoms with E-state index in [9.17, 15) is 23.1 Å². The van der Waals surface area contributed by atoms with Gasteiger partial charge in [-0.1, -0.05) is 6.92 Å². The van der Waals surface area contributed by atoms with Crippen molar-refractivity contribution in [1.82, 2.24) is 15.1 Å². The van der Waals surface area contributed by atoms with Crippen molar-refractivity contribution in [2.24, 2.45) is 0 Å². The van der Waals surface area contributed by atoms with Crippen LogP contribution in [0.15, 0.2) is 12.3 Å². The lowest BCUT2D eigenvalue weighted by Gasteiger charge is -2.29. The normalized spacial score (nSPS) is 16.5. The molecule has 0 bridgehead atoms. The van der Waals surface area contributed by atoms with Gasteiger partial charge in [-0.25, -0.2) is 0 Å². The van der Waals surface area contributed by atoms with Crippen molar-refractivity contribution in [3.05, 3.63) is 18.0 Å². The van der Waals surface area contributed by atoms with Crippen molar-refractivity contribution in [3.8, 4) is 0 Å². The largest absolute Gasteiger partial charge is 0.480 e. The summed E-state index contributed by atoms with van der Waals surface area (Å²) in [5.74, 6) is -1.04. The lowest BCUT2D eigenvalue weighted by atomic mass is 9.93. The molecule has 0 amide bonds. The van der Waals surface area contributed by atoms with Gasteiger partial charge in [0.15, 0.2) is 5.69 Å². The molecule has 1 rings (SSSR count). The van der Waals surface area contributed by atoms with Gasteiger partial charge in [-0.05, 0) is 39.3 Å². The minimum Gasteiger partial charge on any atom is -0.480 e. The zero-order valence-corrected chi connectivity index (χ0v) is 12.2. The van der Waals surface area contributed by atoms with E-state index in [4.69, 9.17) is 0 Å². The quantitative estimate of drug-likeness (QED) is 0.813. The maximum absolute atomic E-state index is 12.5. The summed E-state index contributed by atoms with van der Waals surface area (Å²) in [5, 5.41) is 15.7. The molecule has 0 aliphatic rings. The summed E-state index contributed by atoms with van der Waals surface area (Å²) in [7, 11) is 0. The first-order valence-corrected chi connectivity index (χ1v) is 6.71. The number of nitrogens with one attached hydrogen (secondary N) is 1. The van der Waals surface area contributed by atoms with Gasteiger partial charge in [-0.2, -0.15) is 18.3 Å². The van der Waals surface area contributed by atoms with Crippen LogP contribution in [0.3, 0.4) is 0 Å². The molecule has 0 spiro atoms. The molecule has 0 fully saturated rings. The molecule has 0 saturated heterocycles. The summed E-state index contributed by atoms with van der Waals surface area (Å²) >= 11 is 0. The Hall–Kier alpha value is -1.57. The van der Waals surface area contributed by atoms with Crippen LogP contribution < -0.4 is 5.32 Å². The molecular formula is C13H20F3N3O2.